The van der Waals surface area contributed by atoms with Gasteiger partial charge in [-0.2, -0.15) is 0 Å². The Bertz CT molecular complexity index is 325. The van der Waals surface area contributed by atoms with Gasteiger partial charge in [0.05, 0.1) is 13.2 Å². The van der Waals surface area contributed by atoms with Crippen molar-refractivity contribution in [2.24, 2.45) is 5.92 Å². The van der Waals surface area contributed by atoms with Crippen LogP contribution in [0.25, 0.3) is 0 Å². The van der Waals surface area contributed by atoms with Gasteiger partial charge in [0.15, 0.2) is 0 Å². The molecule has 1 rings (SSSR count). The molecule has 0 aliphatic carbocycles. The maximum Gasteiger partial charge on any atom is 0.119 e. The average molecular weight is 238 g/mol. The zero-order valence-electron chi connectivity index (χ0n) is 10.8. The first-order valence-electron chi connectivity index (χ1n) is 5.95. The van der Waals surface area contributed by atoms with E-state index in [1.165, 1.54) is 0 Å². The number of methoxy groups -OCH3 is 2. The quantitative estimate of drug-likeness (QED) is 0.792. The van der Waals surface area contributed by atoms with Crippen molar-refractivity contribution in [2.75, 3.05) is 20.8 Å². The molecule has 2 unspecified atom stereocenters. The number of aliphatic hydroxyl groups is 1. The molecule has 0 aliphatic heterocycles. The van der Waals surface area contributed by atoms with Crippen LogP contribution in [0.4, 0.5) is 0 Å². The minimum Gasteiger partial charge on any atom is -0.497 e. The Kier molecular flexibility index (Phi) is 6.01. The van der Waals surface area contributed by atoms with Crippen molar-refractivity contribution >= 4 is 0 Å². The second-order valence-corrected chi connectivity index (χ2v) is 4.51. The lowest BCUT2D eigenvalue weighted by atomic mass is 9.99. The normalized spacial score (nSPS) is 14.4. The fourth-order valence-electron chi connectivity index (χ4n) is 1.97. The van der Waals surface area contributed by atoms with E-state index >= 15 is 0 Å². The van der Waals surface area contributed by atoms with E-state index in [0.717, 1.165) is 17.7 Å². The van der Waals surface area contributed by atoms with Crippen molar-refractivity contribution in [2.45, 2.75) is 25.9 Å². The van der Waals surface area contributed by atoms with E-state index in [0.29, 0.717) is 18.9 Å². The molecule has 3 heteroatoms. The molecule has 0 saturated heterocycles. The fraction of sp³-hybridized carbons (Fsp3) is 0.571. The van der Waals surface area contributed by atoms with Crippen molar-refractivity contribution in [3.05, 3.63) is 29.8 Å². The first-order chi connectivity index (χ1) is 8.15. The predicted molar refractivity (Wildman–Crippen MR) is 68.4 cm³/mol. The van der Waals surface area contributed by atoms with Crippen molar-refractivity contribution in [1.82, 2.24) is 0 Å². The highest BCUT2D eigenvalue weighted by molar-refractivity contribution is 5.28. The fourth-order valence-corrected chi connectivity index (χ4v) is 1.97. The van der Waals surface area contributed by atoms with E-state index < -0.39 is 0 Å². The average Bonchev–Trinajstić information content (AvgIpc) is 2.29. The van der Waals surface area contributed by atoms with E-state index in [1.807, 2.05) is 24.3 Å². The van der Waals surface area contributed by atoms with Gasteiger partial charge in [-0.15, -0.1) is 0 Å². The number of hydrogen-bond acceptors (Lipinski definition) is 3. The number of benzene rings is 1. The van der Waals surface area contributed by atoms with Crippen molar-refractivity contribution in [3.63, 3.8) is 0 Å². The zero-order chi connectivity index (χ0) is 12.7. The summed E-state index contributed by atoms with van der Waals surface area (Å²) in [4.78, 5) is 0. The summed E-state index contributed by atoms with van der Waals surface area (Å²) in [5.41, 5.74) is 1.10. The predicted octanol–water partition coefficient (Wildman–Crippen LogP) is 2.27. The van der Waals surface area contributed by atoms with Gasteiger partial charge in [-0.1, -0.05) is 19.1 Å². The molecular weight excluding hydrogens is 216 g/mol. The van der Waals surface area contributed by atoms with Crippen LogP contribution in [0.15, 0.2) is 24.3 Å². The summed E-state index contributed by atoms with van der Waals surface area (Å²) in [5, 5.41) is 9.97. The molecule has 96 valence electrons. The number of ether oxygens (including phenoxy) is 2. The summed E-state index contributed by atoms with van der Waals surface area (Å²) < 4.78 is 10.2. The van der Waals surface area contributed by atoms with E-state index in [9.17, 15) is 5.11 Å². The topological polar surface area (TPSA) is 38.7 Å². The second-order valence-electron chi connectivity index (χ2n) is 4.51. The Morgan fingerprint density at radius 2 is 2.06 bits per heavy atom. The van der Waals surface area contributed by atoms with E-state index in [4.69, 9.17) is 9.47 Å². The smallest absolute Gasteiger partial charge is 0.119 e. The van der Waals surface area contributed by atoms with Crippen molar-refractivity contribution < 1.29 is 14.6 Å². The van der Waals surface area contributed by atoms with E-state index in [2.05, 4.69) is 6.92 Å². The van der Waals surface area contributed by atoms with Gasteiger partial charge in [-0.3, -0.25) is 0 Å². The minimum atomic E-state index is -0.327. The summed E-state index contributed by atoms with van der Waals surface area (Å²) in [6.07, 6.45) is 1.09. The number of rotatable bonds is 7. The van der Waals surface area contributed by atoms with Gasteiger partial charge in [0, 0.05) is 13.7 Å². The minimum absolute atomic E-state index is 0.327. The summed E-state index contributed by atoms with van der Waals surface area (Å²) >= 11 is 0. The summed E-state index contributed by atoms with van der Waals surface area (Å²) in [6.45, 7) is 2.77. The molecule has 0 aromatic heterocycles. The largest absolute Gasteiger partial charge is 0.497 e. The van der Waals surface area contributed by atoms with Gasteiger partial charge in [0.25, 0.3) is 0 Å². The third-order valence-electron chi connectivity index (χ3n) is 2.73. The molecule has 2 atom stereocenters. The van der Waals surface area contributed by atoms with Crippen LogP contribution in [0, 0.1) is 5.92 Å². The van der Waals surface area contributed by atoms with Gasteiger partial charge < -0.3 is 14.6 Å². The van der Waals surface area contributed by atoms with Gasteiger partial charge in [-0.25, -0.2) is 0 Å². The maximum atomic E-state index is 9.97. The Morgan fingerprint density at radius 1 is 1.29 bits per heavy atom. The summed E-state index contributed by atoms with van der Waals surface area (Å²) in [7, 11) is 3.33. The van der Waals surface area contributed by atoms with E-state index in [1.54, 1.807) is 14.2 Å². The molecule has 3 nitrogen and oxygen atoms in total. The lowest BCUT2D eigenvalue weighted by Crippen LogP contribution is -2.17. The highest BCUT2D eigenvalue weighted by Crippen LogP contribution is 2.16. The Hall–Kier alpha value is -1.06. The van der Waals surface area contributed by atoms with Crippen LogP contribution in [0.3, 0.4) is 0 Å². The standard InChI is InChI=1S/C14H22O3/c1-11(10-16-2)7-13(15)8-12-5-4-6-14(9-12)17-3/h4-6,9,11,13,15H,7-8,10H2,1-3H3. The first-order valence-corrected chi connectivity index (χ1v) is 5.95. The number of aliphatic hydroxyl groups excluding tert-OH is 1. The molecule has 0 aliphatic rings. The lowest BCUT2D eigenvalue weighted by Gasteiger charge is -2.16. The van der Waals surface area contributed by atoms with Crippen LogP contribution in [0.2, 0.25) is 0 Å². The van der Waals surface area contributed by atoms with E-state index in [-0.39, 0.29) is 6.10 Å². The molecule has 1 N–H and O–H groups in total. The molecule has 0 bridgehead atoms. The van der Waals surface area contributed by atoms with Crippen LogP contribution in [-0.4, -0.2) is 32.0 Å². The van der Waals surface area contributed by atoms with Crippen LogP contribution in [-0.2, 0) is 11.2 Å². The molecule has 0 spiro atoms. The Labute approximate surface area is 103 Å². The van der Waals surface area contributed by atoms with Crippen LogP contribution < -0.4 is 4.74 Å². The SMILES string of the molecule is COCC(C)CC(O)Cc1cccc(OC)c1. The molecule has 0 fully saturated rings. The Morgan fingerprint density at radius 3 is 2.71 bits per heavy atom. The molecule has 1 aromatic carbocycles. The molecule has 0 radical (unpaired) electrons. The van der Waals surface area contributed by atoms with Gasteiger partial charge in [0.1, 0.15) is 5.75 Å². The molecule has 17 heavy (non-hydrogen) atoms. The number of hydrogen-bond donors (Lipinski definition) is 1. The first kappa shape index (κ1) is 14.0. The van der Waals surface area contributed by atoms with Crippen LogP contribution in [0.1, 0.15) is 18.9 Å². The second kappa shape index (κ2) is 7.30. The van der Waals surface area contributed by atoms with Crippen molar-refractivity contribution in [1.29, 1.82) is 0 Å². The summed E-state index contributed by atoms with van der Waals surface area (Å²) in [6, 6.07) is 7.82. The van der Waals surface area contributed by atoms with Crippen LogP contribution >= 0.6 is 0 Å². The van der Waals surface area contributed by atoms with Gasteiger partial charge in [-0.05, 0) is 36.5 Å². The molecule has 0 amide bonds. The lowest BCUT2D eigenvalue weighted by molar-refractivity contribution is 0.102. The monoisotopic (exact) mass is 238 g/mol. The molecule has 0 heterocycles. The molecular formula is C14H22O3. The third kappa shape index (κ3) is 5.20. The highest BCUT2D eigenvalue weighted by atomic mass is 16.5. The van der Waals surface area contributed by atoms with Gasteiger partial charge in [0.2, 0.25) is 0 Å². The Balaban J connectivity index is 2.46. The zero-order valence-corrected chi connectivity index (χ0v) is 10.8. The molecule has 1 aromatic rings. The molecule has 0 saturated carbocycles. The maximum absolute atomic E-state index is 9.97. The third-order valence-corrected chi connectivity index (χ3v) is 2.73. The van der Waals surface area contributed by atoms with Gasteiger partial charge >= 0.3 is 0 Å². The summed E-state index contributed by atoms with van der Waals surface area (Å²) in [5.74, 6) is 1.21. The van der Waals surface area contributed by atoms with Crippen molar-refractivity contribution in [3.8, 4) is 5.75 Å². The van der Waals surface area contributed by atoms with Crippen LogP contribution in [0.5, 0.6) is 5.75 Å². The highest BCUT2D eigenvalue weighted by Gasteiger charge is 2.11.